The van der Waals surface area contributed by atoms with Crippen LogP contribution in [0.1, 0.15) is 6.92 Å². The molecule has 0 unspecified atom stereocenters. The molecule has 0 N–H and O–H groups in total. The van der Waals surface area contributed by atoms with E-state index in [0.717, 1.165) is 22.3 Å². The van der Waals surface area contributed by atoms with Crippen LogP contribution in [0.15, 0.2) is 48.5 Å². The van der Waals surface area contributed by atoms with Crippen LogP contribution < -0.4 is 9.21 Å². The molecule has 1 aliphatic heterocycles. The number of amides is 1. The Morgan fingerprint density at radius 1 is 1.00 bits per heavy atom. The molecule has 29 heavy (non-hydrogen) atoms. The van der Waals surface area contributed by atoms with Crippen molar-refractivity contribution < 1.29 is 22.0 Å². The summed E-state index contributed by atoms with van der Waals surface area (Å²) in [6.45, 7) is 3.40. The minimum absolute atomic E-state index is 0.110. The van der Waals surface area contributed by atoms with E-state index in [1.807, 2.05) is 4.90 Å². The van der Waals surface area contributed by atoms with Crippen LogP contribution in [0.3, 0.4) is 0 Å². The van der Waals surface area contributed by atoms with Crippen LogP contribution in [0, 0.1) is 11.6 Å². The van der Waals surface area contributed by atoms with Crippen LogP contribution in [0.2, 0.25) is 0 Å². The summed E-state index contributed by atoms with van der Waals surface area (Å²) in [7, 11) is -3.80. The van der Waals surface area contributed by atoms with Crippen molar-refractivity contribution in [1.29, 1.82) is 0 Å². The van der Waals surface area contributed by atoms with Crippen LogP contribution in [0.25, 0.3) is 0 Å². The molecule has 156 valence electrons. The Kier molecular flexibility index (Phi) is 6.07. The third-order valence-electron chi connectivity index (χ3n) is 4.91. The van der Waals surface area contributed by atoms with E-state index < -0.39 is 21.9 Å². The fraction of sp³-hybridized carbons (Fsp3) is 0.350. The van der Waals surface area contributed by atoms with Crippen LogP contribution in [0.5, 0.6) is 0 Å². The lowest BCUT2D eigenvalue weighted by Gasteiger charge is -2.39. The van der Waals surface area contributed by atoms with Gasteiger partial charge in [-0.15, -0.1) is 0 Å². The van der Waals surface area contributed by atoms with E-state index in [-0.39, 0.29) is 17.4 Å². The minimum Gasteiger partial charge on any atom is -0.368 e. The Hall–Kier alpha value is -2.68. The standard InChI is InChI=1S/C20H23F2N3O3S/c1-15(25(29(2,27)28)19-5-3-4-17(22)14-19)20(26)24-12-10-23(11-13-24)18-8-6-16(21)7-9-18/h3-9,14-15H,10-13H2,1-2H3/t15-/m1/s1. The van der Waals surface area contributed by atoms with Crippen molar-refractivity contribution in [2.24, 2.45) is 0 Å². The molecule has 1 aliphatic rings. The van der Waals surface area contributed by atoms with E-state index in [1.165, 1.54) is 37.3 Å². The second-order valence-electron chi connectivity index (χ2n) is 7.00. The van der Waals surface area contributed by atoms with E-state index in [2.05, 4.69) is 0 Å². The van der Waals surface area contributed by atoms with Crippen LogP contribution in [-0.4, -0.2) is 57.7 Å². The van der Waals surface area contributed by atoms with Crippen molar-refractivity contribution in [3.63, 3.8) is 0 Å². The van der Waals surface area contributed by atoms with Gasteiger partial charge in [0.1, 0.15) is 17.7 Å². The van der Waals surface area contributed by atoms with Crippen LogP contribution in [-0.2, 0) is 14.8 Å². The highest BCUT2D eigenvalue weighted by Gasteiger charge is 2.33. The second-order valence-corrected chi connectivity index (χ2v) is 8.86. The molecule has 2 aromatic carbocycles. The summed E-state index contributed by atoms with van der Waals surface area (Å²) < 4.78 is 52.3. The van der Waals surface area contributed by atoms with Gasteiger partial charge in [-0.3, -0.25) is 9.10 Å². The minimum atomic E-state index is -3.80. The topological polar surface area (TPSA) is 60.9 Å². The zero-order valence-electron chi connectivity index (χ0n) is 16.3. The van der Waals surface area contributed by atoms with Crippen LogP contribution in [0.4, 0.5) is 20.2 Å². The van der Waals surface area contributed by atoms with E-state index in [4.69, 9.17) is 0 Å². The molecule has 0 radical (unpaired) electrons. The number of anilines is 2. The zero-order valence-corrected chi connectivity index (χ0v) is 17.1. The highest BCUT2D eigenvalue weighted by Crippen LogP contribution is 2.23. The molecule has 0 bridgehead atoms. The highest BCUT2D eigenvalue weighted by molar-refractivity contribution is 7.92. The zero-order chi connectivity index (χ0) is 21.2. The van der Waals surface area contributed by atoms with Crippen molar-refractivity contribution in [3.05, 3.63) is 60.2 Å². The first kappa shape index (κ1) is 21.0. The number of carbonyl (C=O) groups is 1. The van der Waals surface area contributed by atoms with Gasteiger partial charge >= 0.3 is 0 Å². The van der Waals surface area contributed by atoms with Crippen LogP contribution >= 0.6 is 0 Å². The van der Waals surface area contributed by atoms with Gasteiger partial charge in [0.05, 0.1) is 11.9 Å². The van der Waals surface area contributed by atoms with Crippen molar-refractivity contribution in [2.75, 3.05) is 41.6 Å². The first-order valence-corrected chi connectivity index (χ1v) is 11.1. The average molecular weight is 423 g/mol. The van der Waals surface area contributed by atoms with Crippen molar-refractivity contribution in [1.82, 2.24) is 4.90 Å². The Labute approximate surface area is 169 Å². The van der Waals surface area contributed by atoms with E-state index in [1.54, 1.807) is 17.0 Å². The Morgan fingerprint density at radius 3 is 2.17 bits per heavy atom. The van der Waals surface area contributed by atoms with Gasteiger partial charge in [-0.25, -0.2) is 17.2 Å². The molecule has 1 heterocycles. The number of hydrogen-bond acceptors (Lipinski definition) is 4. The van der Waals surface area contributed by atoms with E-state index >= 15 is 0 Å². The average Bonchev–Trinajstić information content (AvgIpc) is 2.67. The Morgan fingerprint density at radius 2 is 1.62 bits per heavy atom. The largest absolute Gasteiger partial charge is 0.368 e. The number of benzene rings is 2. The second kappa shape index (κ2) is 8.36. The predicted molar refractivity (Wildman–Crippen MR) is 108 cm³/mol. The molecule has 0 spiro atoms. The summed E-state index contributed by atoms with van der Waals surface area (Å²) in [5.74, 6) is -1.24. The molecule has 0 aromatic heterocycles. The van der Waals surface area contributed by atoms with Gasteiger partial charge in [0.25, 0.3) is 0 Å². The molecule has 1 fully saturated rings. The number of hydrogen-bond donors (Lipinski definition) is 0. The summed E-state index contributed by atoms with van der Waals surface area (Å²) in [5.41, 5.74) is 0.974. The van der Waals surface area contributed by atoms with Gasteiger partial charge in [0, 0.05) is 31.9 Å². The number of sulfonamides is 1. The molecule has 0 saturated carbocycles. The van der Waals surface area contributed by atoms with Gasteiger partial charge in [-0.05, 0) is 49.4 Å². The number of nitrogens with zero attached hydrogens (tertiary/aromatic N) is 3. The first-order chi connectivity index (χ1) is 13.7. The maximum absolute atomic E-state index is 13.6. The van der Waals surface area contributed by atoms with Gasteiger partial charge < -0.3 is 9.80 Å². The summed E-state index contributed by atoms with van der Waals surface area (Å²) in [4.78, 5) is 16.6. The molecular weight excluding hydrogens is 400 g/mol. The quantitative estimate of drug-likeness (QED) is 0.741. The molecular formula is C20H23F2N3O3S. The number of rotatable bonds is 5. The van der Waals surface area contributed by atoms with Crippen molar-refractivity contribution in [3.8, 4) is 0 Å². The lowest BCUT2D eigenvalue weighted by molar-refractivity contribution is -0.132. The third kappa shape index (κ3) is 4.84. The molecule has 6 nitrogen and oxygen atoms in total. The summed E-state index contributed by atoms with van der Waals surface area (Å²) in [6, 6.07) is 10.3. The normalized spacial score (nSPS) is 15.9. The third-order valence-corrected chi connectivity index (χ3v) is 6.15. The Bertz CT molecular complexity index is 975. The number of halogens is 2. The fourth-order valence-electron chi connectivity index (χ4n) is 3.52. The van der Waals surface area contributed by atoms with E-state index in [9.17, 15) is 22.0 Å². The van der Waals surface area contributed by atoms with Gasteiger partial charge in [0.15, 0.2) is 0 Å². The monoisotopic (exact) mass is 423 g/mol. The maximum atomic E-state index is 13.6. The van der Waals surface area contributed by atoms with Gasteiger partial charge in [0.2, 0.25) is 15.9 Å². The molecule has 1 atom stereocenters. The molecule has 1 saturated heterocycles. The fourth-order valence-corrected chi connectivity index (χ4v) is 4.68. The van der Waals surface area contributed by atoms with E-state index in [0.29, 0.717) is 26.2 Å². The molecule has 1 amide bonds. The number of piperazine rings is 1. The Balaban J connectivity index is 1.72. The van der Waals surface area contributed by atoms with Gasteiger partial charge in [-0.1, -0.05) is 6.07 Å². The molecule has 0 aliphatic carbocycles. The maximum Gasteiger partial charge on any atom is 0.246 e. The lowest BCUT2D eigenvalue weighted by atomic mass is 10.2. The summed E-state index contributed by atoms with van der Waals surface area (Å²) >= 11 is 0. The first-order valence-electron chi connectivity index (χ1n) is 9.21. The number of carbonyl (C=O) groups excluding carboxylic acids is 1. The molecule has 9 heteroatoms. The van der Waals surface area contributed by atoms with Gasteiger partial charge in [-0.2, -0.15) is 0 Å². The van der Waals surface area contributed by atoms with Crippen molar-refractivity contribution >= 4 is 27.3 Å². The molecule has 2 aromatic rings. The summed E-state index contributed by atoms with van der Waals surface area (Å²) in [6.07, 6.45) is 0.994. The van der Waals surface area contributed by atoms with Crippen molar-refractivity contribution in [2.45, 2.75) is 13.0 Å². The molecule has 3 rings (SSSR count). The summed E-state index contributed by atoms with van der Waals surface area (Å²) in [5, 5.41) is 0. The predicted octanol–water partition coefficient (Wildman–Crippen LogP) is 2.47. The SMILES string of the molecule is C[C@H](C(=O)N1CCN(c2ccc(F)cc2)CC1)N(c1cccc(F)c1)S(C)(=O)=O. The smallest absolute Gasteiger partial charge is 0.246 e. The lowest BCUT2D eigenvalue weighted by Crippen LogP contribution is -2.55. The highest BCUT2D eigenvalue weighted by atomic mass is 32.2.